The zero-order valence-electron chi connectivity index (χ0n) is 40.7. The molecule has 2 rings (SSSR count). The van der Waals surface area contributed by atoms with Crippen LogP contribution in [0.3, 0.4) is 0 Å². The van der Waals surface area contributed by atoms with E-state index in [4.69, 9.17) is 27.9 Å². The Labute approximate surface area is 387 Å². The Morgan fingerprint density at radius 1 is 0.710 bits per heavy atom. The Morgan fingerprint density at radius 3 is 1.34 bits per heavy atom. The molecule has 0 bridgehead atoms. The van der Waals surface area contributed by atoms with Crippen LogP contribution in [0.25, 0.3) is 0 Å². The van der Waals surface area contributed by atoms with Crippen LogP contribution in [-0.2, 0) is 53.6 Å². The molecule has 1 fully saturated rings. The van der Waals surface area contributed by atoms with Crippen LogP contribution in [0.5, 0.6) is 0 Å². The Morgan fingerprint density at radius 2 is 1.13 bits per heavy atom. The van der Waals surface area contributed by atoms with E-state index in [2.05, 4.69) is 19.6 Å². The van der Waals surface area contributed by atoms with Gasteiger partial charge in [0.25, 0.3) is 0 Å². The summed E-state index contributed by atoms with van der Waals surface area (Å²) in [5.41, 5.74) is 0.963. The Balaban J connectivity index is -0.000000207. The average molecular weight is 1000 g/mol. The number of halogens is 2. The van der Waals surface area contributed by atoms with Crippen LogP contribution in [0.1, 0.15) is 54.4 Å². The first-order chi connectivity index (χ1) is 28.0. The van der Waals surface area contributed by atoms with Gasteiger partial charge in [0.1, 0.15) is 19.7 Å². The number of amides is 4. The van der Waals surface area contributed by atoms with Gasteiger partial charge in [-0.25, -0.2) is 29.6 Å². The zero-order chi connectivity index (χ0) is 50.1. The largest absolute Gasteiger partial charge is 0.378 e. The molecule has 0 atom stereocenters. The topological polar surface area (TPSA) is 196 Å². The highest BCUT2D eigenvalue weighted by atomic mass is 35.5. The average Bonchev–Trinajstić information content (AvgIpc) is 3.11. The molecule has 22 heteroatoms. The van der Waals surface area contributed by atoms with Crippen LogP contribution in [0.4, 0.5) is 5.69 Å². The monoisotopic (exact) mass is 1000 g/mol. The summed E-state index contributed by atoms with van der Waals surface area (Å²) in [5.74, 6) is 1.77. The molecule has 0 N–H and O–H groups in total. The van der Waals surface area contributed by atoms with Gasteiger partial charge in [0, 0.05) is 132 Å². The maximum absolute atomic E-state index is 11.3. The minimum Gasteiger partial charge on any atom is -0.378 e. The molecule has 1 aromatic rings. The second-order valence-electron chi connectivity index (χ2n) is 16.0. The van der Waals surface area contributed by atoms with E-state index in [1.165, 1.54) is 32.2 Å². The number of benzene rings is 1. The molecular formula is C40H81Cl2N5O11S3Si. The van der Waals surface area contributed by atoms with Crippen molar-refractivity contribution < 1.29 is 49.2 Å². The predicted molar refractivity (Wildman–Crippen MR) is 262 cm³/mol. The normalized spacial score (nSPS) is 12.2. The molecule has 1 aliphatic rings. The standard InChI is InChI=1S/C11H15NO.C7H14ClNO.C6H11NO2.C6H16O2SSi.C4H9NO.C3H7ClO2S.C3H9NO2S/c1-9(2)12(10(3)13)11-7-5-4-6-8-11;1-7(10)9(2)6-4-3-5-8;1-6(8)7-2-4-9-5-3-7;1-9(7,8)5-6-10(2,3)4;1-4(6)5(2)3;1-7(5,6)3-2-4;1-4(2)7(3,5)6/h4-9H,1-3H3;3-6H2,1-2H3;2-5H2,1H3;5-6H2,1-4H3;1-3H3;2-3H2,1H3;1-3H3. The first kappa shape index (κ1) is 68.7. The maximum atomic E-state index is 11.3. The van der Waals surface area contributed by atoms with Gasteiger partial charge in [-0.3, -0.25) is 19.2 Å². The van der Waals surface area contributed by atoms with Gasteiger partial charge in [0.2, 0.25) is 33.7 Å². The number of carbonyl (C=O) groups is 4. The van der Waals surface area contributed by atoms with Crippen molar-refractivity contribution in [2.75, 3.05) is 115 Å². The molecule has 0 saturated carbocycles. The minimum absolute atomic E-state index is 0.0779. The highest BCUT2D eigenvalue weighted by Gasteiger charge is 2.16. The number of morpholine rings is 1. The highest BCUT2D eigenvalue weighted by Crippen LogP contribution is 2.16. The fraction of sp³-hybridized carbons (Fsp3) is 0.750. The van der Waals surface area contributed by atoms with E-state index in [0.29, 0.717) is 24.8 Å². The van der Waals surface area contributed by atoms with Gasteiger partial charge in [-0.2, -0.15) is 0 Å². The quantitative estimate of drug-likeness (QED) is 0.155. The minimum atomic E-state index is -2.91. The van der Waals surface area contributed by atoms with Crippen LogP contribution in [0.15, 0.2) is 30.3 Å². The Hall–Kier alpha value is -2.33. The third-order valence-corrected chi connectivity index (χ3v) is 13.7. The van der Waals surface area contributed by atoms with Gasteiger partial charge in [-0.1, -0.05) is 37.8 Å². The zero-order valence-corrected chi connectivity index (χ0v) is 45.6. The van der Waals surface area contributed by atoms with Gasteiger partial charge >= 0.3 is 0 Å². The molecule has 0 aromatic heterocycles. The number of nitrogens with zero attached hydrogens (tertiary/aromatic N) is 5. The van der Waals surface area contributed by atoms with Gasteiger partial charge in [0.15, 0.2) is 0 Å². The third kappa shape index (κ3) is 52.0. The summed E-state index contributed by atoms with van der Waals surface area (Å²) in [6.07, 6.45) is 5.61. The second kappa shape index (κ2) is 36.9. The number of unbranched alkanes of at least 4 members (excludes halogenated alkanes) is 1. The second-order valence-corrected chi connectivity index (χ2v) is 29.1. The van der Waals surface area contributed by atoms with E-state index in [1.807, 2.05) is 44.2 Å². The molecule has 368 valence electrons. The number of carbonyl (C=O) groups excluding carboxylic acids is 4. The van der Waals surface area contributed by atoms with E-state index >= 15 is 0 Å². The van der Waals surface area contributed by atoms with Crippen LogP contribution < -0.4 is 4.90 Å². The lowest BCUT2D eigenvalue weighted by Gasteiger charge is -2.25. The molecule has 0 unspecified atom stereocenters. The summed E-state index contributed by atoms with van der Waals surface area (Å²) in [5, 5.41) is 0. The van der Waals surface area contributed by atoms with E-state index in [9.17, 15) is 44.4 Å². The van der Waals surface area contributed by atoms with Crippen molar-refractivity contribution in [1.82, 2.24) is 19.0 Å². The van der Waals surface area contributed by atoms with Crippen LogP contribution in [-0.4, -0.2) is 192 Å². The summed E-state index contributed by atoms with van der Waals surface area (Å²) >= 11 is 10.6. The molecule has 1 aromatic carbocycles. The van der Waals surface area contributed by atoms with Crippen molar-refractivity contribution in [1.29, 1.82) is 0 Å². The summed E-state index contributed by atoms with van der Waals surface area (Å²) in [6, 6.07) is 10.8. The first-order valence-electron chi connectivity index (χ1n) is 19.9. The summed E-state index contributed by atoms with van der Waals surface area (Å²) < 4.78 is 68.4. The number of ether oxygens (including phenoxy) is 1. The van der Waals surface area contributed by atoms with Crippen LogP contribution >= 0.6 is 23.2 Å². The Bertz CT molecular complexity index is 1690. The number of hydrogen-bond donors (Lipinski definition) is 0. The summed E-state index contributed by atoms with van der Waals surface area (Å²) in [6.45, 7) is 20.6. The molecule has 62 heavy (non-hydrogen) atoms. The number of para-hydroxylation sites is 1. The first-order valence-corrected chi connectivity index (χ1v) is 30.6. The lowest BCUT2D eigenvalue weighted by molar-refractivity contribution is -0.133. The summed E-state index contributed by atoms with van der Waals surface area (Å²) in [4.78, 5) is 49.5. The van der Waals surface area contributed by atoms with Crippen molar-refractivity contribution >= 4 is 90.3 Å². The molecule has 1 aliphatic heterocycles. The molecule has 16 nitrogen and oxygen atoms in total. The van der Waals surface area contributed by atoms with E-state index in [0.717, 1.165) is 61.0 Å². The van der Waals surface area contributed by atoms with Crippen molar-refractivity contribution in [2.24, 2.45) is 0 Å². The van der Waals surface area contributed by atoms with Crippen molar-refractivity contribution in [3.8, 4) is 0 Å². The van der Waals surface area contributed by atoms with Crippen molar-refractivity contribution in [3.05, 3.63) is 30.3 Å². The third-order valence-electron chi connectivity index (χ3n) is 7.73. The lowest BCUT2D eigenvalue weighted by atomic mass is 10.2. The van der Waals surface area contributed by atoms with Gasteiger partial charge in [-0.15, -0.1) is 23.2 Å². The number of hydrogen-bond acceptors (Lipinski definition) is 11. The molecule has 1 heterocycles. The summed E-state index contributed by atoms with van der Waals surface area (Å²) in [7, 11) is -1.34. The lowest BCUT2D eigenvalue weighted by Crippen LogP contribution is -2.39. The SMILES string of the molecule is CC(=O)N(C)C.CC(=O)N(C)CCCCCl.CC(=O)N(c1ccccc1)C(C)C.CC(=O)N1CCOCC1.CN(C)S(C)(=O)=O.CS(=O)(=O)CCCl.C[Si](C)(C)CCS(C)(=O)=O. The van der Waals surface area contributed by atoms with Crippen LogP contribution in [0.2, 0.25) is 25.7 Å². The number of sulfonamides is 1. The van der Waals surface area contributed by atoms with Crippen molar-refractivity contribution in [2.45, 2.75) is 86.1 Å². The van der Waals surface area contributed by atoms with E-state index in [-0.39, 0.29) is 41.3 Å². The van der Waals surface area contributed by atoms with Gasteiger partial charge < -0.3 is 24.3 Å². The fourth-order valence-corrected chi connectivity index (χ4v) is 8.79. The fourth-order valence-electron chi connectivity index (χ4n) is 3.54. The van der Waals surface area contributed by atoms with Crippen LogP contribution in [0, 0.1) is 0 Å². The molecule has 0 aliphatic carbocycles. The molecule has 0 spiro atoms. The number of anilines is 1. The van der Waals surface area contributed by atoms with E-state index in [1.54, 1.807) is 56.6 Å². The molecule has 4 amide bonds. The molecule has 1 saturated heterocycles. The molecule has 0 radical (unpaired) electrons. The highest BCUT2D eigenvalue weighted by molar-refractivity contribution is 7.91. The smallest absolute Gasteiger partial charge is 0.224 e. The van der Waals surface area contributed by atoms with Gasteiger partial charge in [-0.05, 0) is 44.9 Å². The molecular weight excluding hydrogens is 922 g/mol. The number of alkyl halides is 2. The van der Waals surface area contributed by atoms with Crippen molar-refractivity contribution in [3.63, 3.8) is 0 Å². The van der Waals surface area contributed by atoms with E-state index < -0.39 is 37.8 Å². The predicted octanol–water partition coefficient (Wildman–Crippen LogP) is 5.04. The Kier molecular flexibility index (Phi) is 40.9. The number of rotatable bonds is 12. The number of sulfone groups is 2. The van der Waals surface area contributed by atoms with Gasteiger partial charge in [0.05, 0.1) is 25.2 Å². The maximum Gasteiger partial charge on any atom is 0.224 e.